The Labute approximate surface area is 112 Å². The number of hydrogen-bond donors (Lipinski definition) is 2. The van der Waals surface area contributed by atoms with Crippen molar-refractivity contribution in [1.82, 2.24) is 20.4 Å². The molecule has 100 valence electrons. The Balaban J connectivity index is 1.85. The highest BCUT2D eigenvalue weighted by atomic mass is 35.5. The van der Waals surface area contributed by atoms with Crippen LogP contribution in [-0.4, -0.2) is 40.1 Å². The molecule has 1 aromatic heterocycles. The standard InChI is InChI=1S/C12H19ClN4O/c1-3-4-17-7-9(5-11(17)18)14-6-10-12(13)8(2)15-16-10/h9,14H,3-7H2,1-2H3,(H,15,16). The first-order valence-electron chi connectivity index (χ1n) is 6.32. The predicted molar refractivity (Wildman–Crippen MR) is 70.5 cm³/mol. The maximum atomic E-state index is 11.7. The van der Waals surface area contributed by atoms with Crippen molar-refractivity contribution in [1.29, 1.82) is 0 Å². The molecule has 1 atom stereocenters. The molecule has 2 N–H and O–H groups in total. The van der Waals surface area contributed by atoms with Gasteiger partial charge in [0.05, 0.1) is 16.4 Å². The summed E-state index contributed by atoms with van der Waals surface area (Å²) in [5.74, 6) is 0.235. The summed E-state index contributed by atoms with van der Waals surface area (Å²) in [7, 11) is 0. The second-order valence-electron chi connectivity index (χ2n) is 4.73. The van der Waals surface area contributed by atoms with E-state index in [2.05, 4.69) is 22.4 Å². The van der Waals surface area contributed by atoms with E-state index in [-0.39, 0.29) is 11.9 Å². The lowest BCUT2D eigenvalue weighted by Gasteiger charge is -2.15. The molecule has 1 saturated heterocycles. The molecule has 18 heavy (non-hydrogen) atoms. The van der Waals surface area contributed by atoms with Gasteiger partial charge in [0.1, 0.15) is 0 Å². The second kappa shape index (κ2) is 5.71. The minimum Gasteiger partial charge on any atom is -0.341 e. The molecule has 0 spiro atoms. The monoisotopic (exact) mass is 270 g/mol. The summed E-state index contributed by atoms with van der Waals surface area (Å²) in [5.41, 5.74) is 1.69. The Bertz CT molecular complexity index is 432. The fourth-order valence-electron chi connectivity index (χ4n) is 2.22. The maximum Gasteiger partial charge on any atom is 0.224 e. The van der Waals surface area contributed by atoms with Crippen LogP contribution in [0.4, 0.5) is 0 Å². The number of aromatic amines is 1. The van der Waals surface area contributed by atoms with Crippen molar-refractivity contribution in [3.05, 3.63) is 16.4 Å². The van der Waals surface area contributed by atoms with Gasteiger partial charge in [-0.3, -0.25) is 9.89 Å². The normalized spacial score (nSPS) is 19.8. The smallest absolute Gasteiger partial charge is 0.224 e. The van der Waals surface area contributed by atoms with E-state index in [1.54, 1.807) is 0 Å². The summed E-state index contributed by atoms with van der Waals surface area (Å²) in [4.78, 5) is 13.6. The van der Waals surface area contributed by atoms with Crippen LogP contribution in [0, 0.1) is 6.92 Å². The summed E-state index contributed by atoms with van der Waals surface area (Å²) in [5, 5.41) is 11.0. The van der Waals surface area contributed by atoms with Crippen molar-refractivity contribution in [3.63, 3.8) is 0 Å². The molecule has 5 nitrogen and oxygen atoms in total. The average molecular weight is 271 g/mol. The fraction of sp³-hybridized carbons (Fsp3) is 0.667. The van der Waals surface area contributed by atoms with Gasteiger partial charge in [0.25, 0.3) is 0 Å². The van der Waals surface area contributed by atoms with Crippen molar-refractivity contribution >= 4 is 17.5 Å². The lowest BCUT2D eigenvalue weighted by molar-refractivity contribution is -0.127. The van der Waals surface area contributed by atoms with Crippen LogP contribution in [0.1, 0.15) is 31.2 Å². The fourth-order valence-corrected chi connectivity index (χ4v) is 2.37. The first kappa shape index (κ1) is 13.4. The molecule has 1 amide bonds. The Morgan fingerprint density at radius 1 is 1.61 bits per heavy atom. The Kier molecular flexibility index (Phi) is 4.24. The molecule has 1 aliphatic heterocycles. The van der Waals surface area contributed by atoms with Crippen molar-refractivity contribution in [2.24, 2.45) is 0 Å². The van der Waals surface area contributed by atoms with Gasteiger partial charge in [-0.05, 0) is 13.3 Å². The summed E-state index contributed by atoms with van der Waals surface area (Å²) in [6, 6.07) is 0.206. The van der Waals surface area contributed by atoms with Gasteiger partial charge in [-0.25, -0.2) is 0 Å². The second-order valence-corrected chi connectivity index (χ2v) is 5.11. The minimum atomic E-state index is 0.206. The quantitative estimate of drug-likeness (QED) is 0.852. The van der Waals surface area contributed by atoms with Crippen LogP contribution in [0.25, 0.3) is 0 Å². The molecule has 1 unspecified atom stereocenters. The zero-order chi connectivity index (χ0) is 13.1. The molecular formula is C12H19ClN4O. The zero-order valence-electron chi connectivity index (χ0n) is 10.8. The SMILES string of the molecule is CCCN1CC(NCc2n[nH]c(C)c2Cl)CC1=O. The van der Waals surface area contributed by atoms with Gasteiger partial charge in [0.15, 0.2) is 0 Å². The number of halogens is 1. The van der Waals surface area contributed by atoms with Crippen LogP contribution >= 0.6 is 11.6 Å². The largest absolute Gasteiger partial charge is 0.341 e. The first-order valence-corrected chi connectivity index (χ1v) is 6.70. The van der Waals surface area contributed by atoms with Crippen LogP contribution in [-0.2, 0) is 11.3 Å². The highest BCUT2D eigenvalue weighted by molar-refractivity contribution is 6.31. The number of nitrogens with zero attached hydrogens (tertiary/aromatic N) is 2. The summed E-state index contributed by atoms with van der Waals surface area (Å²) < 4.78 is 0. The van der Waals surface area contributed by atoms with Gasteiger partial charge >= 0.3 is 0 Å². The third-order valence-electron chi connectivity index (χ3n) is 3.21. The van der Waals surface area contributed by atoms with Gasteiger partial charge in [-0.2, -0.15) is 5.10 Å². The summed E-state index contributed by atoms with van der Waals surface area (Å²) in [6.45, 7) is 6.20. The van der Waals surface area contributed by atoms with E-state index in [0.29, 0.717) is 18.0 Å². The number of amides is 1. The number of H-pyrrole nitrogens is 1. The number of likely N-dealkylation sites (tertiary alicyclic amines) is 1. The molecule has 1 aromatic rings. The maximum absolute atomic E-state index is 11.7. The summed E-state index contributed by atoms with van der Waals surface area (Å²) in [6.07, 6.45) is 1.57. The number of carbonyl (C=O) groups is 1. The molecule has 0 bridgehead atoms. The minimum absolute atomic E-state index is 0.206. The topological polar surface area (TPSA) is 61.0 Å². The zero-order valence-corrected chi connectivity index (χ0v) is 11.5. The van der Waals surface area contributed by atoms with Crippen LogP contribution in [0.3, 0.4) is 0 Å². The Morgan fingerprint density at radius 2 is 2.39 bits per heavy atom. The van der Waals surface area contributed by atoms with Gasteiger partial charge in [-0.1, -0.05) is 18.5 Å². The first-order chi connectivity index (χ1) is 8.61. The Hall–Kier alpha value is -1.07. The molecule has 0 aromatic carbocycles. The van der Waals surface area contributed by atoms with Gasteiger partial charge in [-0.15, -0.1) is 0 Å². The molecular weight excluding hydrogens is 252 g/mol. The molecule has 2 rings (SSSR count). The molecule has 0 radical (unpaired) electrons. The molecule has 0 saturated carbocycles. The van der Waals surface area contributed by atoms with E-state index < -0.39 is 0 Å². The van der Waals surface area contributed by atoms with Crippen molar-refractivity contribution in [3.8, 4) is 0 Å². The van der Waals surface area contributed by atoms with Crippen LogP contribution in [0.5, 0.6) is 0 Å². The number of carbonyl (C=O) groups excluding carboxylic acids is 1. The van der Waals surface area contributed by atoms with E-state index in [0.717, 1.165) is 30.9 Å². The number of aromatic nitrogens is 2. The number of aryl methyl sites for hydroxylation is 1. The van der Waals surface area contributed by atoms with E-state index in [4.69, 9.17) is 11.6 Å². The third kappa shape index (κ3) is 2.84. The molecule has 1 fully saturated rings. The number of hydrogen-bond acceptors (Lipinski definition) is 3. The van der Waals surface area contributed by atoms with Crippen LogP contribution < -0.4 is 5.32 Å². The van der Waals surface area contributed by atoms with Crippen LogP contribution in [0.15, 0.2) is 0 Å². The van der Waals surface area contributed by atoms with E-state index in [1.165, 1.54) is 0 Å². The van der Waals surface area contributed by atoms with Crippen LogP contribution in [0.2, 0.25) is 5.02 Å². The molecule has 0 aliphatic carbocycles. The van der Waals surface area contributed by atoms with Gasteiger partial charge < -0.3 is 10.2 Å². The highest BCUT2D eigenvalue weighted by Gasteiger charge is 2.28. The number of rotatable bonds is 5. The van der Waals surface area contributed by atoms with E-state index in [1.807, 2.05) is 11.8 Å². The van der Waals surface area contributed by atoms with Crippen molar-refractivity contribution in [2.45, 2.75) is 39.3 Å². The summed E-state index contributed by atoms with van der Waals surface area (Å²) >= 11 is 6.09. The van der Waals surface area contributed by atoms with Gasteiger partial charge in [0, 0.05) is 32.1 Å². The molecule has 2 heterocycles. The third-order valence-corrected chi connectivity index (χ3v) is 3.71. The lowest BCUT2D eigenvalue weighted by atomic mass is 10.2. The van der Waals surface area contributed by atoms with E-state index >= 15 is 0 Å². The average Bonchev–Trinajstić information content (AvgIpc) is 2.84. The molecule has 1 aliphatic rings. The van der Waals surface area contributed by atoms with Gasteiger partial charge in [0.2, 0.25) is 5.91 Å². The van der Waals surface area contributed by atoms with Crippen molar-refractivity contribution in [2.75, 3.05) is 13.1 Å². The number of nitrogens with one attached hydrogen (secondary N) is 2. The van der Waals surface area contributed by atoms with E-state index in [9.17, 15) is 4.79 Å². The molecule has 6 heteroatoms. The predicted octanol–water partition coefficient (Wildman–Crippen LogP) is 1.47. The Morgan fingerprint density at radius 3 is 3.00 bits per heavy atom. The highest BCUT2D eigenvalue weighted by Crippen LogP contribution is 2.18. The lowest BCUT2D eigenvalue weighted by Crippen LogP contribution is -2.32. The van der Waals surface area contributed by atoms with Crippen molar-refractivity contribution < 1.29 is 4.79 Å².